The van der Waals surface area contributed by atoms with Gasteiger partial charge in [0, 0.05) is 25.5 Å². The molecule has 0 spiro atoms. The van der Waals surface area contributed by atoms with E-state index in [0.717, 1.165) is 17.5 Å². The summed E-state index contributed by atoms with van der Waals surface area (Å²) in [6.45, 7) is 4.81. The average Bonchev–Trinajstić information content (AvgIpc) is 2.46. The van der Waals surface area contributed by atoms with E-state index in [-0.39, 0.29) is 6.03 Å². The Kier molecular flexibility index (Phi) is 4.77. The molecule has 1 aliphatic rings. The Labute approximate surface area is 124 Å². The second-order valence-electron chi connectivity index (χ2n) is 5.64. The van der Waals surface area contributed by atoms with Gasteiger partial charge in [0.2, 0.25) is 0 Å². The highest BCUT2D eigenvalue weighted by molar-refractivity contribution is 5.82. The summed E-state index contributed by atoms with van der Waals surface area (Å²) in [6, 6.07) is 0.825. The molecule has 2 atom stereocenters. The Hall–Kier alpha value is -2.11. The summed E-state index contributed by atoms with van der Waals surface area (Å²) in [5, 5.41) is 12.1. The molecule has 6 heteroatoms. The van der Waals surface area contributed by atoms with Gasteiger partial charge < -0.3 is 15.3 Å². The maximum atomic E-state index is 12.2. The standard InChI is InChI=1S/C15H21N3O3/c1-10-4-6-18(13(7-10)14(19)20)15(21)17-9-12-8-16-5-3-11(12)2/h3,5,8,10,13H,4,6-7,9H2,1-2H3,(H,17,21)(H,19,20). The molecule has 114 valence electrons. The van der Waals surface area contributed by atoms with E-state index in [1.807, 2.05) is 19.9 Å². The van der Waals surface area contributed by atoms with Gasteiger partial charge in [0.1, 0.15) is 6.04 Å². The van der Waals surface area contributed by atoms with Crippen molar-refractivity contribution >= 4 is 12.0 Å². The summed E-state index contributed by atoms with van der Waals surface area (Å²) in [7, 11) is 0. The highest BCUT2D eigenvalue weighted by Gasteiger charge is 2.34. The number of pyridine rings is 1. The molecule has 1 aromatic heterocycles. The zero-order chi connectivity index (χ0) is 15.4. The van der Waals surface area contributed by atoms with Crippen molar-refractivity contribution < 1.29 is 14.7 Å². The third-order valence-corrected chi connectivity index (χ3v) is 3.99. The third kappa shape index (κ3) is 3.71. The fraction of sp³-hybridized carbons (Fsp3) is 0.533. The normalized spacial score (nSPS) is 21.9. The van der Waals surface area contributed by atoms with Gasteiger partial charge in [0.15, 0.2) is 0 Å². The largest absolute Gasteiger partial charge is 0.480 e. The summed E-state index contributed by atoms with van der Waals surface area (Å²) in [5.41, 5.74) is 1.98. The van der Waals surface area contributed by atoms with Crippen LogP contribution in [0.25, 0.3) is 0 Å². The number of aliphatic carboxylic acids is 1. The topological polar surface area (TPSA) is 82.5 Å². The maximum Gasteiger partial charge on any atom is 0.326 e. The molecular weight excluding hydrogens is 270 g/mol. The minimum atomic E-state index is -0.936. The van der Waals surface area contributed by atoms with Crippen molar-refractivity contribution in [2.45, 2.75) is 39.3 Å². The number of urea groups is 1. The van der Waals surface area contributed by atoms with E-state index in [1.54, 1.807) is 12.4 Å². The van der Waals surface area contributed by atoms with Crippen molar-refractivity contribution in [2.75, 3.05) is 6.54 Å². The number of aryl methyl sites for hydroxylation is 1. The first-order valence-electron chi connectivity index (χ1n) is 7.15. The number of rotatable bonds is 3. The first-order chi connectivity index (χ1) is 9.99. The fourth-order valence-corrected chi connectivity index (χ4v) is 2.57. The van der Waals surface area contributed by atoms with Crippen LogP contribution in [0.5, 0.6) is 0 Å². The summed E-state index contributed by atoms with van der Waals surface area (Å²) in [5.74, 6) is -0.607. The summed E-state index contributed by atoms with van der Waals surface area (Å²) >= 11 is 0. The van der Waals surface area contributed by atoms with Gasteiger partial charge in [-0.3, -0.25) is 4.98 Å². The van der Waals surface area contributed by atoms with Gasteiger partial charge in [-0.2, -0.15) is 0 Å². The smallest absolute Gasteiger partial charge is 0.326 e. The van der Waals surface area contributed by atoms with Crippen molar-refractivity contribution in [1.82, 2.24) is 15.2 Å². The molecular formula is C15H21N3O3. The highest BCUT2D eigenvalue weighted by atomic mass is 16.4. The molecule has 1 fully saturated rings. The molecule has 0 bridgehead atoms. The Bertz CT molecular complexity index is 533. The summed E-state index contributed by atoms with van der Waals surface area (Å²) < 4.78 is 0. The number of nitrogens with one attached hydrogen (secondary N) is 1. The molecule has 2 unspecified atom stereocenters. The predicted molar refractivity (Wildman–Crippen MR) is 77.7 cm³/mol. The molecule has 21 heavy (non-hydrogen) atoms. The van der Waals surface area contributed by atoms with Gasteiger partial charge in [-0.15, -0.1) is 0 Å². The number of piperidine rings is 1. The quantitative estimate of drug-likeness (QED) is 0.889. The van der Waals surface area contributed by atoms with Gasteiger partial charge in [-0.25, -0.2) is 9.59 Å². The SMILES string of the molecule is Cc1ccncc1CNC(=O)N1CCC(C)CC1C(=O)O. The van der Waals surface area contributed by atoms with Crippen LogP contribution in [0.1, 0.15) is 30.9 Å². The number of carbonyl (C=O) groups excluding carboxylic acids is 1. The van der Waals surface area contributed by atoms with Gasteiger partial charge in [0.05, 0.1) is 0 Å². The lowest BCUT2D eigenvalue weighted by Crippen LogP contribution is -2.53. The number of hydrogen-bond donors (Lipinski definition) is 2. The third-order valence-electron chi connectivity index (χ3n) is 3.99. The van der Waals surface area contributed by atoms with Crippen LogP contribution < -0.4 is 5.32 Å². The first-order valence-corrected chi connectivity index (χ1v) is 7.15. The minimum Gasteiger partial charge on any atom is -0.480 e. The van der Waals surface area contributed by atoms with Crippen LogP contribution >= 0.6 is 0 Å². The molecule has 0 radical (unpaired) electrons. The molecule has 2 N–H and O–H groups in total. The van der Waals surface area contributed by atoms with E-state index in [9.17, 15) is 14.7 Å². The zero-order valence-corrected chi connectivity index (χ0v) is 12.4. The van der Waals surface area contributed by atoms with E-state index < -0.39 is 12.0 Å². The zero-order valence-electron chi connectivity index (χ0n) is 12.4. The number of likely N-dealkylation sites (tertiary alicyclic amines) is 1. The van der Waals surface area contributed by atoms with Crippen molar-refractivity contribution in [1.29, 1.82) is 0 Å². The first kappa shape index (κ1) is 15.3. The maximum absolute atomic E-state index is 12.2. The van der Waals surface area contributed by atoms with Crippen LogP contribution in [-0.4, -0.2) is 39.6 Å². The number of carboxylic acid groups (broad SMARTS) is 1. The molecule has 0 aliphatic carbocycles. The monoisotopic (exact) mass is 291 g/mol. The van der Waals surface area contributed by atoms with Crippen LogP contribution in [0.4, 0.5) is 4.79 Å². The van der Waals surface area contributed by atoms with Gasteiger partial charge >= 0.3 is 12.0 Å². The lowest BCUT2D eigenvalue weighted by molar-refractivity contribution is -0.143. The number of carboxylic acids is 1. The minimum absolute atomic E-state index is 0.322. The van der Waals surface area contributed by atoms with Gasteiger partial charge in [-0.1, -0.05) is 6.92 Å². The van der Waals surface area contributed by atoms with E-state index in [2.05, 4.69) is 10.3 Å². The average molecular weight is 291 g/mol. The molecule has 2 heterocycles. The summed E-state index contributed by atoms with van der Waals surface area (Å²) in [6.07, 6.45) is 4.76. The molecule has 1 aliphatic heterocycles. The number of amides is 2. The predicted octanol–water partition coefficient (Wildman–Crippen LogP) is 1.78. The molecule has 2 rings (SSSR count). The van der Waals surface area contributed by atoms with Crippen molar-refractivity contribution in [2.24, 2.45) is 5.92 Å². The Morgan fingerprint density at radius 2 is 2.29 bits per heavy atom. The summed E-state index contributed by atoms with van der Waals surface area (Å²) in [4.78, 5) is 29.0. The van der Waals surface area contributed by atoms with Gasteiger partial charge in [0.25, 0.3) is 0 Å². The number of aromatic nitrogens is 1. The number of nitrogens with zero attached hydrogens (tertiary/aromatic N) is 2. The Balaban J connectivity index is 1.99. The van der Waals surface area contributed by atoms with Gasteiger partial charge in [-0.05, 0) is 42.9 Å². The van der Waals surface area contributed by atoms with Crippen molar-refractivity contribution in [3.05, 3.63) is 29.6 Å². The van der Waals surface area contributed by atoms with E-state index in [1.165, 1.54) is 4.90 Å². The lowest BCUT2D eigenvalue weighted by Gasteiger charge is -2.35. The molecule has 1 saturated heterocycles. The number of carbonyl (C=O) groups is 2. The van der Waals surface area contributed by atoms with Crippen LogP contribution in [0.15, 0.2) is 18.5 Å². The van der Waals surface area contributed by atoms with Crippen LogP contribution in [0.3, 0.4) is 0 Å². The van der Waals surface area contributed by atoms with E-state index >= 15 is 0 Å². The fourth-order valence-electron chi connectivity index (χ4n) is 2.57. The van der Waals surface area contributed by atoms with Crippen LogP contribution in [-0.2, 0) is 11.3 Å². The second kappa shape index (κ2) is 6.56. The Morgan fingerprint density at radius 1 is 1.52 bits per heavy atom. The number of hydrogen-bond acceptors (Lipinski definition) is 3. The second-order valence-corrected chi connectivity index (χ2v) is 5.64. The van der Waals surface area contributed by atoms with E-state index in [4.69, 9.17) is 0 Å². The Morgan fingerprint density at radius 3 is 2.95 bits per heavy atom. The van der Waals surface area contributed by atoms with E-state index in [0.29, 0.717) is 25.4 Å². The van der Waals surface area contributed by atoms with Crippen LogP contribution in [0.2, 0.25) is 0 Å². The van der Waals surface area contributed by atoms with Crippen LogP contribution in [0, 0.1) is 12.8 Å². The molecule has 6 nitrogen and oxygen atoms in total. The lowest BCUT2D eigenvalue weighted by atomic mass is 9.93. The molecule has 1 aromatic rings. The van der Waals surface area contributed by atoms with Crippen molar-refractivity contribution in [3.8, 4) is 0 Å². The molecule has 2 amide bonds. The molecule has 0 saturated carbocycles. The molecule has 0 aromatic carbocycles. The van der Waals surface area contributed by atoms with Crippen molar-refractivity contribution in [3.63, 3.8) is 0 Å². The highest BCUT2D eigenvalue weighted by Crippen LogP contribution is 2.22.